The summed E-state index contributed by atoms with van der Waals surface area (Å²) in [6, 6.07) is 0.629. The van der Waals surface area contributed by atoms with Crippen LogP contribution in [0.25, 0.3) is 0 Å². The number of hydrogen-bond donors (Lipinski definition) is 2. The number of alkyl carbamates (subject to hydrolysis) is 1. The first-order chi connectivity index (χ1) is 8.78. The van der Waals surface area contributed by atoms with E-state index in [9.17, 15) is 4.79 Å². The van der Waals surface area contributed by atoms with Crippen LogP contribution in [-0.2, 0) is 4.74 Å². The quantitative estimate of drug-likeness (QED) is 0.711. The largest absolute Gasteiger partial charge is 0.444 e. The number of carbonyl (C=O) groups excluding carboxylic acids is 1. The molecule has 0 heterocycles. The van der Waals surface area contributed by atoms with Gasteiger partial charge in [0, 0.05) is 18.6 Å². The topological polar surface area (TPSA) is 50.4 Å². The van der Waals surface area contributed by atoms with Gasteiger partial charge in [0.15, 0.2) is 0 Å². The van der Waals surface area contributed by atoms with Gasteiger partial charge in [0.05, 0.1) is 0 Å². The van der Waals surface area contributed by atoms with Crippen LogP contribution in [0.15, 0.2) is 0 Å². The molecule has 1 unspecified atom stereocenters. The lowest BCUT2D eigenvalue weighted by molar-refractivity contribution is 0.0507. The molecule has 0 bridgehead atoms. The molecule has 19 heavy (non-hydrogen) atoms. The molecule has 0 aromatic carbocycles. The molecule has 0 aromatic rings. The van der Waals surface area contributed by atoms with Crippen molar-refractivity contribution in [3.05, 3.63) is 0 Å². The highest BCUT2D eigenvalue weighted by molar-refractivity contribution is 5.68. The average molecular weight is 272 g/mol. The standard InChI is InChI=1S/C15H32N2O2/c1-7-9-13(10-8-2)16-11-12(3)17-14(18)19-15(4,5)6/h12-13,16H,7-11H2,1-6H3,(H,17,18). The Kier molecular flexibility index (Phi) is 8.81. The van der Waals surface area contributed by atoms with E-state index in [4.69, 9.17) is 4.74 Å². The van der Waals surface area contributed by atoms with Crippen molar-refractivity contribution < 1.29 is 9.53 Å². The summed E-state index contributed by atoms with van der Waals surface area (Å²) in [7, 11) is 0. The Morgan fingerprint density at radius 3 is 2.11 bits per heavy atom. The molecule has 0 radical (unpaired) electrons. The second-order valence-electron chi connectivity index (χ2n) is 6.23. The molecule has 0 aromatic heterocycles. The second kappa shape index (κ2) is 9.18. The van der Waals surface area contributed by atoms with Crippen LogP contribution in [0.1, 0.15) is 67.2 Å². The van der Waals surface area contributed by atoms with E-state index in [1.54, 1.807) is 0 Å². The van der Waals surface area contributed by atoms with Gasteiger partial charge in [-0.25, -0.2) is 4.79 Å². The molecule has 1 atom stereocenters. The summed E-state index contributed by atoms with van der Waals surface area (Å²) < 4.78 is 5.23. The first kappa shape index (κ1) is 18.2. The highest BCUT2D eigenvalue weighted by Gasteiger charge is 2.18. The molecule has 0 aliphatic heterocycles. The van der Waals surface area contributed by atoms with Crippen LogP contribution in [0.2, 0.25) is 0 Å². The zero-order valence-electron chi connectivity index (χ0n) is 13.5. The van der Waals surface area contributed by atoms with Crippen molar-refractivity contribution in [2.45, 2.75) is 84.9 Å². The Morgan fingerprint density at radius 1 is 1.16 bits per heavy atom. The van der Waals surface area contributed by atoms with Crippen LogP contribution < -0.4 is 10.6 Å². The molecule has 2 N–H and O–H groups in total. The van der Waals surface area contributed by atoms with Gasteiger partial charge in [-0.05, 0) is 40.5 Å². The van der Waals surface area contributed by atoms with Crippen LogP contribution in [0.3, 0.4) is 0 Å². The van der Waals surface area contributed by atoms with Crippen molar-refractivity contribution >= 4 is 6.09 Å². The normalized spacial score (nSPS) is 13.4. The van der Waals surface area contributed by atoms with Crippen LogP contribution in [0, 0.1) is 0 Å². The van der Waals surface area contributed by atoms with E-state index in [-0.39, 0.29) is 12.1 Å². The fourth-order valence-electron chi connectivity index (χ4n) is 1.95. The fourth-order valence-corrected chi connectivity index (χ4v) is 1.95. The Bertz CT molecular complexity index is 243. The van der Waals surface area contributed by atoms with Crippen LogP contribution in [0.5, 0.6) is 0 Å². The van der Waals surface area contributed by atoms with Gasteiger partial charge in [-0.1, -0.05) is 26.7 Å². The van der Waals surface area contributed by atoms with E-state index in [1.807, 2.05) is 27.7 Å². The summed E-state index contributed by atoms with van der Waals surface area (Å²) in [4.78, 5) is 11.6. The third kappa shape index (κ3) is 10.8. The van der Waals surface area contributed by atoms with E-state index in [1.165, 1.54) is 25.7 Å². The SMILES string of the molecule is CCCC(CCC)NCC(C)NC(=O)OC(C)(C)C. The lowest BCUT2D eigenvalue weighted by Crippen LogP contribution is -2.44. The molecule has 0 saturated carbocycles. The van der Waals surface area contributed by atoms with Crippen LogP contribution in [-0.4, -0.2) is 30.3 Å². The minimum absolute atomic E-state index is 0.0751. The Hall–Kier alpha value is -0.770. The van der Waals surface area contributed by atoms with Crippen molar-refractivity contribution in [2.24, 2.45) is 0 Å². The molecule has 114 valence electrons. The van der Waals surface area contributed by atoms with Gasteiger partial charge in [-0.2, -0.15) is 0 Å². The number of nitrogens with one attached hydrogen (secondary N) is 2. The van der Waals surface area contributed by atoms with Crippen LogP contribution in [0.4, 0.5) is 4.79 Å². The monoisotopic (exact) mass is 272 g/mol. The molecular formula is C15H32N2O2. The van der Waals surface area contributed by atoms with Gasteiger partial charge in [0.1, 0.15) is 5.60 Å². The van der Waals surface area contributed by atoms with Crippen molar-refractivity contribution in [2.75, 3.05) is 6.54 Å². The Morgan fingerprint density at radius 2 is 1.68 bits per heavy atom. The number of carbonyl (C=O) groups is 1. The second-order valence-corrected chi connectivity index (χ2v) is 6.23. The molecule has 0 fully saturated rings. The van der Waals surface area contributed by atoms with E-state index < -0.39 is 5.60 Å². The summed E-state index contributed by atoms with van der Waals surface area (Å²) in [6.07, 6.45) is 4.40. The summed E-state index contributed by atoms with van der Waals surface area (Å²) in [5, 5.41) is 6.37. The van der Waals surface area contributed by atoms with Gasteiger partial charge >= 0.3 is 6.09 Å². The molecule has 0 saturated heterocycles. The van der Waals surface area contributed by atoms with Crippen molar-refractivity contribution in [1.29, 1.82) is 0 Å². The molecule has 4 heteroatoms. The van der Waals surface area contributed by atoms with Gasteiger partial charge in [-0.15, -0.1) is 0 Å². The van der Waals surface area contributed by atoms with Crippen molar-refractivity contribution in [3.63, 3.8) is 0 Å². The Labute approximate surface area is 118 Å². The highest BCUT2D eigenvalue weighted by Crippen LogP contribution is 2.07. The maximum Gasteiger partial charge on any atom is 0.407 e. The lowest BCUT2D eigenvalue weighted by Gasteiger charge is -2.24. The molecule has 4 nitrogen and oxygen atoms in total. The average Bonchev–Trinajstić information content (AvgIpc) is 2.23. The first-order valence-electron chi connectivity index (χ1n) is 7.51. The molecule has 0 aliphatic carbocycles. The summed E-state index contributed by atoms with van der Waals surface area (Å²) in [6.45, 7) is 12.8. The summed E-state index contributed by atoms with van der Waals surface area (Å²) in [5.41, 5.74) is -0.440. The maximum absolute atomic E-state index is 11.6. The predicted octanol–water partition coefficient (Wildman–Crippen LogP) is 3.46. The first-order valence-corrected chi connectivity index (χ1v) is 7.51. The van der Waals surface area contributed by atoms with E-state index in [0.29, 0.717) is 6.04 Å². The lowest BCUT2D eigenvalue weighted by atomic mass is 10.1. The van der Waals surface area contributed by atoms with E-state index in [2.05, 4.69) is 24.5 Å². The zero-order valence-corrected chi connectivity index (χ0v) is 13.5. The van der Waals surface area contributed by atoms with Gasteiger partial charge < -0.3 is 15.4 Å². The third-order valence-corrected chi connectivity index (χ3v) is 2.75. The molecule has 0 spiro atoms. The highest BCUT2D eigenvalue weighted by atomic mass is 16.6. The van der Waals surface area contributed by atoms with Gasteiger partial charge in [0.2, 0.25) is 0 Å². The minimum atomic E-state index is -0.440. The Balaban J connectivity index is 3.95. The molecule has 0 aliphatic rings. The van der Waals surface area contributed by atoms with Gasteiger partial charge in [-0.3, -0.25) is 0 Å². The predicted molar refractivity (Wildman–Crippen MR) is 80.4 cm³/mol. The number of ether oxygens (including phenoxy) is 1. The fraction of sp³-hybridized carbons (Fsp3) is 0.933. The number of rotatable bonds is 8. The summed E-state index contributed by atoms with van der Waals surface area (Å²) in [5.74, 6) is 0. The number of hydrogen-bond acceptors (Lipinski definition) is 3. The molecular weight excluding hydrogens is 240 g/mol. The van der Waals surface area contributed by atoms with Crippen molar-refractivity contribution in [1.82, 2.24) is 10.6 Å². The van der Waals surface area contributed by atoms with Gasteiger partial charge in [0.25, 0.3) is 0 Å². The molecule has 0 rings (SSSR count). The van der Waals surface area contributed by atoms with Crippen LogP contribution >= 0.6 is 0 Å². The van der Waals surface area contributed by atoms with E-state index >= 15 is 0 Å². The molecule has 1 amide bonds. The minimum Gasteiger partial charge on any atom is -0.444 e. The smallest absolute Gasteiger partial charge is 0.407 e. The van der Waals surface area contributed by atoms with Crippen molar-refractivity contribution in [3.8, 4) is 0 Å². The maximum atomic E-state index is 11.6. The van der Waals surface area contributed by atoms with E-state index in [0.717, 1.165) is 6.54 Å². The number of amides is 1. The third-order valence-electron chi connectivity index (χ3n) is 2.75. The zero-order chi connectivity index (χ0) is 14.9. The summed E-state index contributed by atoms with van der Waals surface area (Å²) >= 11 is 0.